The van der Waals surface area contributed by atoms with E-state index in [0.717, 1.165) is 10.6 Å². The van der Waals surface area contributed by atoms with E-state index in [9.17, 15) is 4.79 Å². The van der Waals surface area contributed by atoms with Crippen LogP contribution in [0.25, 0.3) is 0 Å². The summed E-state index contributed by atoms with van der Waals surface area (Å²) in [5, 5.41) is 3.42. The lowest BCUT2D eigenvalue weighted by molar-refractivity contribution is -0.894. The summed E-state index contributed by atoms with van der Waals surface area (Å²) in [6.45, 7) is 3.12. The van der Waals surface area contributed by atoms with Crippen molar-refractivity contribution in [2.45, 2.75) is 13.0 Å². The molecule has 25 heavy (non-hydrogen) atoms. The molecular formula is C19H24ClN2O3+. The van der Waals surface area contributed by atoms with Crippen LogP contribution in [0.2, 0.25) is 5.02 Å². The van der Waals surface area contributed by atoms with E-state index >= 15 is 0 Å². The predicted octanol–water partition coefficient (Wildman–Crippen LogP) is 2.27. The maximum atomic E-state index is 12.5. The van der Waals surface area contributed by atoms with Gasteiger partial charge in [0.05, 0.1) is 19.8 Å². The highest BCUT2D eigenvalue weighted by atomic mass is 35.5. The van der Waals surface area contributed by atoms with Gasteiger partial charge in [0.15, 0.2) is 6.04 Å². The van der Waals surface area contributed by atoms with Gasteiger partial charge in [0.1, 0.15) is 24.7 Å². The number of amides is 1. The first kappa shape index (κ1) is 19.1. The molecule has 0 heterocycles. The molecule has 0 aliphatic carbocycles. The highest BCUT2D eigenvalue weighted by molar-refractivity contribution is 6.31. The smallest absolute Gasteiger partial charge is 0.282 e. The van der Waals surface area contributed by atoms with Gasteiger partial charge in [0.25, 0.3) is 5.91 Å². The molecule has 134 valence electrons. The lowest BCUT2D eigenvalue weighted by atomic mass is 10.2. The molecule has 1 unspecified atom stereocenters. The maximum Gasteiger partial charge on any atom is 0.282 e. The van der Waals surface area contributed by atoms with Crippen molar-refractivity contribution in [2.24, 2.45) is 0 Å². The summed E-state index contributed by atoms with van der Waals surface area (Å²) < 4.78 is 10.9. The largest absolute Gasteiger partial charge is 0.495 e. The lowest BCUT2D eigenvalue weighted by Gasteiger charge is -2.21. The zero-order valence-corrected chi connectivity index (χ0v) is 15.5. The fourth-order valence-corrected chi connectivity index (χ4v) is 2.48. The second-order valence-electron chi connectivity index (χ2n) is 5.81. The first-order chi connectivity index (χ1) is 12.0. The summed E-state index contributed by atoms with van der Waals surface area (Å²) in [5.74, 6) is 1.31. The third kappa shape index (κ3) is 5.66. The minimum Gasteiger partial charge on any atom is -0.495 e. The second-order valence-corrected chi connectivity index (χ2v) is 6.25. The van der Waals surface area contributed by atoms with Gasteiger partial charge in [-0.25, -0.2) is 0 Å². The van der Waals surface area contributed by atoms with E-state index in [0.29, 0.717) is 29.6 Å². The molecule has 5 nitrogen and oxygen atoms in total. The van der Waals surface area contributed by atoms with Gasteiger partial charge in [-0.3, -0.25) is 4.79 Å². The maximum absolute atomic E-state index is 12.5. The Morgan fingerprint density at radius 3 is 2.64 bits per heavy atom. The normalized spacial score (nSPS) is 13.0. The van der Waals surface area contributed by atoms with E-state index in [1.165, 1.54) is 0 Å². The number of methoxy groups -OCH3 is 1. The standard InChI is InChI=1S/C19H23ClN2O3/c1-14(22(2)11-12-25-16-7-5-4-6-8-16)19(23)21-17-13-15(20)9-10-18(17)24-3/h4-10,13-14H,11-12H2,1-3H3,(H,21,23)/p+1/t14-/m0/s1. The van der Waals surface area contributed by atoms with Gasteiger partial charge >= 0.3 is 0 Å². The monoisotopic (exact) mass is 363 g/mol. The molecule has 0 aromatic heterocycles. The fourth-order valence-electron chi connectivity index (χ4n) is 2.31. The van der Waals surface area contributed by atoms with Crippen LogP contribution in [0.1, 0.15) is 6.92 Å². The molecule has 0 radical (unpaired) electrons. The molecule has 0 aliphatic heterocycles. The number of carbonyl (C=O) groups excluding carboxylic acids is 1. The lowest BCUT2D eigenvalue weighted by Crippen LogP contribution is -3.14. The van der Waals surface area contributed by atoms with Crippen LogP contribution in [0, 0.1) is 0 Å². The number of para-hydroxylation sites is 1. The Morgan fingerprint density at radius 1 is 1.24 bits per heavy atom. The number of quaternary nitrogens is 1. The molecule has 0 fully saturated rings. The molecular weight excluding hydrogens is 340 g/mol. The van der Waals surface area contributed by atoms with Gasteiger partial charge in [-0.1, -0.05) is 29.8 Å². The molecule has 0 aliphatic rings. The average molecular weight is 364 g/mol. The summed E-state index contributed by atoms with van der Waals surface area (Å²) in [4.78, 5) is 13.5. The summed E-state index contributed by atoms with van der Waals surface area (Å²) in [7, 11) is 3.52. The molecule has 0 bridgehead atoms. The Bertz CT molecular complexity index is 694. The SMILES string of the molecule is COc1ccc(Cl)cc1NC(=O)[C@H](C)[NH+](C)CCOc1ccccc1. The van der Waals surface area contributed by atoms with E-state index in [2.05, 4.69) is 5.32 Å². The summed E-state index contributed by atoms with van der Waals surface area (Å²) in [6, 6.07) is 14.5. The van der Waals surface area contributed by atoms with E-state index in [-0.39, 0.29) is 11.9 Å². The molecule has 0 spiro atoms. The van der Waals surface area contributed by atoms with Gasteiger partial charge in [-0.15, -0.1) is 0 Å². The van der Waals surface area contributed by atoms with Crippen molar-refractivity contribution in [3.8, 4) is 11.5 Å². The van der Waals surface area contributed by atoms with Gasteiger partial charge < -0.3 is 19.7 Å². The molecule has 6 heteroatoms. The van der Waals surface area contributed by atoms with E-state index in [4.69, 9.17) is 21.1 Å². The third-order valence-electron chi connectivity index (χ3n) is 4.06. The summed E-state index contributed by atoms with van der Waals surface area (Å²) in [5.41, 5.74) is 0.570. The van der Waals surface area contributed by atoms with Gasteiger partial charge in [0.2, 0.25) is 0 Å². The van der Waals surface area contributed by atoms with Crippen molar-refractivity contribution >= 4 is 23.2 Å². The quantitative estimate of drug-likeness (QED) is 0.756. The number of carbonyl (C=O) groups is 1. The molecule has 2 rings (SSSR count). The van der Waals surface area contributed by atoms with Crippen LogP contribution in [0.4, 0.5) is 5.69 Å². The highest BCUT2D eigenvalue weighted by Crippen LogP contribution is 2.27. The molecule has 0 saturated heterocycles. The van der Waals surface area contributed by atoms with Crippen molar-refractivity contribution in [2.75, 3.05) is 32.6 Å². The number of likely N-dealkylation sites (N-methyl/N-ethyl adjacent to an activating group) is 1. The average Bonchev–Trinajstić information content (AvgIpc) is 2.62. The van der Waals surface area contributed by atoms with Gasteiger partial charge in [-0.05, 0) is 37.3 Å². The Hall–Kier alpha value is -2.24. The third-order valence-corrected chi connectivity index (χ3v) is 4.30. The Balaban J connectivity index is 1.87. The predicted molar refractivity (Wildman–Crippen MR) is 99.8 cm³/mol. The zero-order chi connectivity index (χ0) is 18.2. The minimum absolute atomic E-state index is 0.0993. The number of halogens is 1. The number of benzene rings is 2. The second kappa shape index (κ2) is 9.30. The molecule has 2 atom stereocenters. The Kier molecular flexibility index (Phi) is 7.10. The minimum atomic E-state index is -0.247. The van der Waals surface area contributed by atoms with Crippen LogP contribution >= 0.6 is 11.6 Å². The molecule has 2 aromatic carbocycles. The Morgan fingerprint density at radius 2 is 1.96 bits per heavy atom. The van der Waals surface area contributed by atoms with Gasteiger partial charge in [-0.2, -0.15) is 0 Å². The topological polar surface area (TPSA) is 52.0 Å². The van der Waals surface area contributed by atoms with E-state index in [1.54, 1.807) is 25.3 Å². The number of rotatable bonds is 8. The first-order valence-electron chi connectivity index (χ1n) is 8.16. The first-order valence-corrected chi connectivity index (χ1v) is 8.53. The summed E-state index contributed by atoms with van der Waals surface area (Å²) in [6.07, 6.45) is 0. The van der Waals surface area contributed by atoms with E-state index < -0.39 is 0 Å². The van der Waals surface area contributed by atoms with Crippen LogP contribution < -0.4 is 19.7 Å². The Labute approximate surface area is 153 Å². The zero-order valence-electron chi connectivity index (χ0n) is 14.7. The van der Waals surface area contributed by atoms with Crippen molar-refractivity contribution < 1.29 is 19.2 Å². The number of anilines is 1. The molecule has 0 saturated carbocycles. The van der Waals surface area contributed by atoms with Crippen LogP contribution in [-0.2, 0) is 4.79 Å². The molecule has 2 N–H and O–H groups in total. The van der Waals surface area contributed by atoms with Crippen molar-refractivity contribution in [1.82, 2.24) is 0 Å². The number of hydrogen-bond donors (Lipinski definition) is 2. The van der Waals surface area contributed by atoms with Crippen LogP contribution in [0.15, 0.2) is 48.5 Å². The number of hydrogen-bond acceptors (Lipinski definition) is 3. The van der Waals surface area contributed by atoms with Crippen LogP contribution in [-0.4, -0.2) is 39.3 Å². The summed E-state index contributed by atoms with van der Waals surface area (Å²) >= 11 is 6.00. The van der Waals surface area contributed by atoms with Gasteiger partial charge in [0, 0.05) is 5.02 Å². The van der Waals surface area contributed by atoms with Crippen LogP contribution in [0.5, 0.6) is 11.5 Å². The molecule has 2 aromatic rings. The molecule has 1 amide bonds. The van der Waals surface area contributed by atoms with Crippen molar-refractivity contribution in [3.63, 3.8) is 0 Å². The van der Waals surface area contributed by atoms with Crippen molar-refractivity contribution in [3.05, 3.63) is 53.6 Å². The van der Waals surface area contributed by atoms with E-state index in [1.807, 2.05) is 44.3 Å². The van der Waals surface area contributed by atoms with Crippen molar-refractivity contribution in [1.29, 1.82) is 0 Å². The highest BCUT2D eigenvalue weighted by Gasteiger charge is 2.22. The number of nitrogens with one attached hydrogen (secondary N) is 2. The fraction of sp³-hybridized carbons (Fsp3) is 0.316. The van der Waals surface area contributed by atoms with Crippen LogP contribution in [0.3, 0.4) is 0 Å². The number of ether oxygens (including phenoxy) is 2.